The number of hydrogen-bond donors (Lipinski definition) is 3. The average Bonchev–Trinajstić information content (AvgIpc) is 3.06. The van der Waals surface area contributed by atoms with E-state index >= 15 is 4.39 Å². The molecule has 1 aliphatic heterocycles. The molecule has 1 amide bonds. The molecule has 0 spiro atoms. The Bertz CT molecular complexity index is 1230. The van der Waals surface area contributed by atoms with Crippen molar-refractivity contribution in [3.05, 3.63) is 46.8 Å². The minimum absolute atomic E-state index is 0.122. The standard InChI is InChI=1S/C22H26BrClFN4O9P/c1-11(2)35-20(32)12(3)29-39(33,38-13-7-5-4-6-8-13)34-10-14-17(30)22(24,25)21(36-14)37-19-16(18(26)31)28-15(23)9-27-19/h4-9,11-12,14,17,21,30H,10H2,1-3H3,(H2,26,31)(H,29,33)/t12-,14-,17-,21+,22-,39?/m1/s1. The number of aromatic nitrogens is 2. The van der Waals surface area contributed by atoms with Crippen LogP contribution in [-0.4, -0.2) is 69.3 Å². The Hall–Kier alpha value is -2.39. The van der Waals surface area contributed by atoms with Gasteiger partial charge >= 0.3 is 13.7 Å². The number of carbonyl (C=O) groups excluding carboxylic acids is 2. The lowest BCUT2D eigenvalue weighted by atomic mass is 10.1. The maximum atomic E-state index is 15.3. The molecule has 39 heavy (non-hydrogen) atoms. The molecule has 0 radical (unpaired) electrons. The number of aliphatic hydroxyl groups is 1. The molecule has 1 aromatic heterocycles. The summed E-state index contributed by atoms with van der Waals surface area (Å²) >= 11 is 8.89. The van der Waals surface area contributed by atoms with Gasteiger partial charge in [0.1, 0.15) is 28.6 Å². The predicted molar refractivity (Wildman–Crippen MR) is 138 cm³/mol. The van der Waals surface area contributed by atoms with Crippen molar-refractivity contribution >= 4 is 47.2 Å². The topological polar surface area (TPSA) is 181 Å². The highest BCUT2D eigenvalue weighted by atomic mass is 79.9. The first-order chi connectivity index (χ1) is 18.2. The summed E-state index contributed by atoms with van der Waals surface area (Å²) in [6.07, 6.45) is -4.93. The van der Waals surface area contributed by atoms with Crippen LogP contribution < -0.4 is 20.1 Å². The molecule has 1 unspecified atom stereocenters. The Balaban J connectivity index is 1.77. The molecule has 4 N–H and O–H groups in total. The zero-order valence-electron chi connectivity index (χ0n) is 20.8. The summed E-state index contributed by atoms with van der Waals surface area (Å²) in [5.74, 6) is -2.16. The fraction of sp³-hybridized carbons (Fsp3) is 0.455. The van der Waals surface area contributed by atoms with Crippen LogP contribution in [0.25, 0.3) is 0 Å². The number of ether oxygens (including phenoxy) is 3. The van der Waals surface area contributed by atoms with Crippen molar-refractivity contribution in [1.29, 1.82) is 0 Å². The second-order valence-corrected chi connectivity index (χ2v) is 11.6. The average molecular weight is 656 g/mol. The van der Waals surface area contributed by atoms with Crippen molar-refractivity contribution in [2.45, 2.75) is 56.5 Å². The SMILES string of the molecule is CC(C)OC(=O)[C@@H](C)NP(=O)(OC[C@H]1O[C@@H](Oc2ncc(Br)nc2C(N)=O)[C@@](F)(Cl)[C@@H]1O)Oc1ccccc1. The first-order valence-corrected chi connectivity index (χ1v) is 14.1. The first kappa shape index (κ1) is 31.1. The molecule has 6 atom stereocenters. The highest BCUT2D eigenvalue weighted by Crippen LogP contribution is 2.47. The van der Waals surface area contributed by atoms with Crippen LogP contribution in [0.4, 0.5) is 4.39 Å². The number of primary amides is 1. The summed E-state index contributed by atoms with van der Waals surface area (Å²) in [6.45, 7) is 3.91. The van der Waals surface area contributed by atoms with Crippen molar-refractivity contribution < 1.29 is 46.9 Å². The van der Waals surface area contributed by atoms with E-state index in [4.69, 9.17) is 40.6 Å². The Morgan fingerprint density at radius 1 is 1.33 bits per heavy atom. The van der Waals surface area contributed by atoms with E-state index in [0.717, 1.165) is 6.20 Å². The summed E-state index contributed by atoms with van der Waals surface area (Å²) in [7, 11) is -4.37. The van der Waals surface area contributed by atoms with E-state index in [1.165, 1.54) is 19.1 Å². The minimum Gasteiger partial charge on any atom is -0.462 e. The predicted octanol–water partition coefficient (Wildman–Crippen LogP) is 2.84. The summed E-state index contributed by atoms with van der Waals surface area (Å²) in [4.78, 5) is 31.6. The van der Waals surface area contributed by atoms with E-state index in [0.29, 0.717) is 0 Å². The third-order valence-corrected chi connectivity index (χ3v) is 7.38. The van der Waals surface area contributed by atoms with Gasteiger partial charge in [0, 0.05) is 0 Å². The third kappa shape index (κ3) is 8.07. The van der Waals surface area contributed by atoms with Crippen LogP contribution >= 0.6 is 35.3 Å². The van der Waals surface area contributed by atoms with E-state index in [-0.39, 0.29) is 10.4 Å². The van der Waals surface area contributed by atoms with Gasteiger partial charge < -0.3 is 29.6 Å². The molecule has 13 nitrogen and oxygen atoms in total. The van der Waals surface area contributed by atoms with Crippen molar-refractivity contribution in [2.24, 2.45) is 5.73 Å². The summed E-state index contributed by atoms with van der Waals surface area (Å²) < 4.78 is 55.7. The smallest absolute Gasteiger partial charge is 0.459 e. The maximum absolute atomic E-state index is 15.3. The fourth-order valence-electron chi connectivity index (χ4n) is 3.16. The number of hydrogen-bond acceptors (Lipinski definition) is 11. The highest BCUT2D eigenvalue weighted by Gasteiger charge is 2.59. The number of rotatable bonds is 12. The molecule has 0 saturated carbocycles. The number of nitrogens with two attached hydrogens (primary N) is 1. The number of benzene rings is 1. The van der Waals surface area contributed by atoms with Crippen LogP contribution in [0.5, 0.6) is 11.6 Å². The molecule has 1 aromatic carbocycles. The van der Waals surface area contributed by atoms with E-state index in [2.05, 4.69) is 31.0 Å². The minimum atomic E-state index is -4.37. The van der Waals surface area contributed by atoms with Crippen molar-refractivity contribution in [2.75, 3.05) is 6.61 Å². The van der Waals surface area contributed by atoms with E-state index < -0.39 is 73.6 Å². The Morgan fingerprint density at radius 2 is 2.00 bits per heavy atom. The van der Waals surface area contributed by atoms with Crippen LogP contribution in [0.1, 0.15) is 31.3 Å². The lowest BCUT2D eigenvalue weighted by Gasteiger charge is -2.25. The quantitative estimate of drug-likeness (QED) is 0.173. The van der Waals surface area contributed by atoms with Gasteiger partial charge in [0.05, 0.1) is 18.9 Å². The first-order valence-electron chi connectivity index (χ1n) is 11.4. The Labute approximate surface area is 236 Å². The lowest BCUT2D eigenvalue weighted by Crippen LogP contribution is -2.42. The number of nitrogens with one attached hydrogen (secondary N) is 1. The molecule has 2 aromatic rings. The molecular formula is C22H26BrClFN4O9P. The van der Waals surface area contributed by atoms with Crippen LogP contribution in [0.3, 0.4) is 0 Å². The molecule has 0 bridgehead atoms. The number of alkyl halides is 2. The van der Waals surface area contributed by atoms with Gasteiger partial charge in [-0.1, -0.05) is 29.8 Å². The van der Waals surface area contributed by atoms with Gasteiger partial charge in [-0.05, 0) is 48.8 Å². The monoisotopic (exact) mass is 654 g/mol. The van der Waals surface area contributed by atoms with Gasteiger partial charge in [0.2, 0.25) is 5.88 Å². The molecule has 3 rings (SSSR count). The third-order valence-electron chi connectivity index (χ3n) is 4.96. The van der Waals surface area contributed by atoms with Crippen molar-refractivity contribution in [3.63, 3.8) is 0 Å². The van der Waals surface area contributed by atoms with Gasteiger partial charge in [-0.3, -0.25) is 14.1 Å². The molecule has 1 aliphatic rings. The van der Waals surface area contributed by atoms with E-state index in [1.54, 1.807) is 32.0 Å². The number of halogens is 3. The van der Waals surface area contributed by atoms with Gasteiger partial charge in [-0.2, -0.15) is 5.09 Å². The number of para-hydroxylation sites is 1. The fourth-order valence-corrected chi connectivity index (χ4v) is 5.18. The summed E-state index contributed by atoms with van der Waals surface area (Å²) in [6, 6.07) is 6.74. The van der Waals surface area contributed by atoms with Crippen molar-refractivity contribution in [3.8, 4) is 11.6 Å². The maximum Gasteiger partial charge on any atom is 0.459 e. The molecule has 0 aliphatic carbocycles. The highest BCUT2D eigenvalue weighted by molar-refractivity contribution is 9.10. The molecular weight excluding hydrogens is 630 g/mol. The summed E-state index contributed by atoms with van der Waals surface area (Å²) in [5, 5.41) is 9.88. The molecule has 214 valence electrons. The van der Waals surface area contributed by atoms with Crippen LogP contribution in [0.2, 0.25) is 0 Å². The Kier molecular flexibility index (Phi) is 10.3. The van der Waals surface area contributed by atoms with E-state index in [1.807, 2.05) is 0 Å². The Morgan fingerprint density at radius 3 is 2.62 bits per heavy atom. The van der Waals surface area contributed by atoms with Crippen LogP contribution in [0.15, 0.2) is 41.1 Å². The summed E-state index contributed by atoms with van der Waals surface area (Å²) in [5.41, 5.74) is 4.81. The van der Waals surface area contributed by atoms with Gasteiger partial charge in [0.15, 0.2) is 5.69 Å². The number of carbonyl (C=O) groups is 2. The van der Waals surface area contributed by atoms with Crippen LogP contribution in [0, 0.1) is 0 Å². The van der Waals surface area contributed by atoms with E-state index in [9.17, 15) is 19.3 Å². The number of nitrogens with zero attached hydrogens (tertiary/aromatic N) is 2. The molecule has 2 heterocycles. The normalized spacial score (nSPS) is 25.1. The second kappa shape index (κ2) is 12.9. The molecule has 1 saturated heterocycles. The van der Waals surface area contributed by atoms with Crippen molar-refractivity contribution in [1.82, 2.24) is 15.1 Å². The number of esters is 1. The lowest BCUT2D eigenvalue weighted by molar-refractivity contribution is -0.149. The van der Waals surface area contributed by atoms with Gasteiger partial charge in [-0.15, -0.1) is 0 Å². The van der Waals surface area contributed by atoms with Gasteiger partial charge in [-0.25, -0.2) is 18.9 Å². The van der Waals surface area contributed by atoms with Crippen LogP contribution in [-0.2, 0) is 23.4 Å². The second-order valence-electron chi connectivity index (χ2n) is 8.49. The number of amides is 1. The zero-order valence-corrected chi connectivity index (χ0v) is 24.1. The molecule has 1 fully saturated rings. The van der Waals surface area contributed by atoms with Gasteiger partial charge in [0.25, 0.3) is 17.3 Å². The number of aliphatic hydroxyl groups excluding tert-OH is 1. The largest absolute Gasteiger partial charge is 0.462 e. The zero-order chi connectivity index (χ0) is 29.0. The molecule has 17 heteroatoms.